The first-order valence-electron chi connectivity index (χ1n) is 5.47. The van der Waals surface area contributed by atoms with Crippen LogP contribution in [0.25, 0.3) is 11.3 Å². The van der Waals surface area contributed by atoms with Crippen LogP contribution in [0.4, 0.5) is 11.5 Å². The Balaban J connectivity index is 2.58. The van der Waals surface area contributed by atoms with E-state index >= 15 is 0 Å². The Morgan fingerprint density at radius 3 is 2.83 bits per heavy atom. The zero-order valence-electron chi connectivity index (χ0n) is 9.83. The molecule has 1 aromatic heterocycles. The number of nitrogens with zero attached hydrogens (tertiary/aromatic N) is 3. The number of nitro benzene ring substituents is 1. The van der Waals surface area contributed by atoms with Crippen molar-refractivity contribution in [1.82, 2.24) is 9.97 Å². The van der Waals surface area contributed by atoms with E-state index in [1.54, 1.807) is 12.1 Å². The minimum absolute atomic E-state index is 0.0340. The first kappa shape index (κ1) is 12.0. The summed E-state index contributed by atoms with van der Waals surface area (Å²) in [7, 11) is 0. The van der Waals surface area contributed by atoms with Gasteiger partial charge in [0.05, 0.1) is 10.6 Å². The Bertz CT molecular complexity index is 598. The summed E-state index contributed by atoms with van der Waals surface area (Å²) in [6.45, 7) is 1.94. The van der Waals surface area contributed by atoms with Gasteiger partial charge in [-0.3, -0.25) is 10.1 Å². The molecule has 0 aliphatic heterocycles. The molecule has 92 valence electrons. The number of rotatable bonds is 3. The quantitative estimate of drug-likeness (QED) is 0.659. The van der Waals surface area contributed by atoms with Gasteiger partial charge in [0.15, 0.2) is 0 Å². The maximum atomic E-state index is 10.8. The smallest absolute Gasteiger partial charge is 0.270 e. The molecule has 2 aromatic rings. The molecule has 0 atom stereocenters. The summed E-state index contributed by atoms with van der Waals surface area (Å²) in [5.41, 5.74) is 7.94. The highest BCUT2D eigenvalue weighted by Gasteiger charge is 2.12. The van der Waals surface area contributed by atoms with Gasteiger partial charge in [0.25, 0.3) is 5.69 Å². The molecule has 0 bridgehead atoms. The Kier molecular flexibility index (Phi) is 3.18. The van der Waals surface area contributed by atoms with E-state index in [4.69, 9.17) is 5.73 Å². The molecular formula is C12H12N4O2. The topological polar surface area (TPSA) is 94.9 Å². The Hall–Kier alpha value is -2.50. The fourth-order valence-corrected chi connectivity index (χ4v) is 1.79. The van der Waals surface area contributed by atoms with E-state index in [0.29, 0.717) is 23.5 Å². The predicted octanol–water partition coefficient (Wildman–Crippen LogP) is 2.20. The van der Waals surface area contributed by atoms with Crippen LogP contribution >= 0.6 is 0 Å². The predicted molar refractivity (Wildman–Crippen MR) is 67.9 cm³/mol. The number of non-ortho nitro benzene ring substituents is 1. The summed E-state index contributed by atoms with van der Waals surface area (Å²) in [5, 5.41) is 10.8. The molecule has 0 saturated carbocycles. The van der Waals surface area contributed by atoms with Gasteiger partial charge < -0.3 is 5.73 Å². The van der Waals surface area contributed by atoms with Crippen molar-refractivity contribution in [2.45, 2.75) is 13.3 Å². The minimum Gasteiger partial charge on any atom is -0.383 e. The van der Waals surface area contributed by atoms with Gasteiger partial charge in [-0.05, 0) is 6.42 Å². The molecule has 0 spiro atoms. The molecule has 1 heterocycles. The first-order valence-corrected chi connectivity index (χ1v) is 5.47. The van der Waals surface area contributed by atoms with E-state index < -0.39 is 4.92 Å². The minimum atomic E-state index is -0.431. The average Bonchev–Trinajstić information content (AvgIpc) is 2.38. The van der Waals surface area contributed by atoms with Crippen LogP contribution in [-0.2, 0) is 6.42 Å². The average molecular weight is 244 g/mol. The number of nitrogen functional groups attached to an aromatic ring is 1. The standard InChI is InChI=1S/C12H12N4O2/c1-2-10-11(14-7-15-12(10)13)8-4-3-5-9(6-8)16(17)18/h3-7H,2H2,1H3,(H2,13,14,15). The molecule has 0 radical (unpaired) electrons. The Morgan fingerprint density at radius 1 is 1.39 bits per heavy atom. The van der Waals surface area contributed by atoms with Gasteiger partial charge in [-0.1, -0.05) is 19.1 Å². The van der Waals surface area contributed by atoms with Crippen molar-refractivity contribution >= 4 is 11.5 Å². The summed E-state index contributed by atoms with van der Waals surface area (Å²) in [5.74, 6) is 0.411. The summed E-state index contributed by atoms with van der Waals surface area (Å²) in [4.78, 5) is 18.4. The highest BCUT2D eigenvalue weighted by molar-refractivity contribution is 5.69. The van der Waals surface area contributed by atoms with Gasteiger partial charge in [-0.2, -0.15) is 0 Å². The van der Waals surface area contributed by atoms with E-state index in [2.05, 4.69) is 9.97 Å². The van der Waals surface area contributed by atoms with Crippen LogP contribution in [0, 0.1) is 10.1 Å². The lowest BCUT2D eigenvalue weighted by Gasteiger charge is -2.08. The third-order valence-electron chi connectivity index (χ3n) is 2.66. The third kappa shape index (κ3) is 2.13. The molecule has 2 N–H and O–H groups in total. The van der Waals surface area contributed by atoms with E-state index in [9.17, 15) is 10.1 Å². The highest BCUT2D eigenvalue weighted by Crippen LogP contribution is 2.27. The number of nitrogens with two attached hydrogens (primary N) is 1. The van der Waals surface area contributed by atoms with Crippen LogP contribution in [0.5, 0.6) is 0 Å². The van der Waals surface area contributed by atoms with E-state index in [1.807, 2.05) is 6.92 Å². The summed E-state index contributed by atoms with van der Waals surface area (Å²) in [6.07, 6.45) is 2.04. The molecule has 0 unspecified atom stereocenters. The van der Waals surface area contributed by atoms with Gasteiger partial charge >= 0.3 is 0 Å². The van der Waals surface area contributed by atoms with E-state index in [0.717, 1.165) is 5.56 Å². The first-order chi connectivity index (χ1) is 8.63. The number of nitro groups is 1. The van der Waals surface area contributed by atoms with Crippen molar-refractivity contribution in [3.63, 3.8) is 0 Å². The molecule has 2 rings (SSSR count). The summed E-state index contributed by atoms with van der Waals surface area (Å²) >= 11 is 0. The maximum absolute atomic E-state index is 10.8. The molecule has 0 amide bonds. The summed E-state index contributed by atoms with van der Waals surface area (Å²) in [6, 6.07) is 6.33. The largest absolute Gasteiger partial charge is 0.383 e. The van der Waals surface area contributed by atoms with Crippen molar-refractivity contribution < 1.29 is 4.92 Å². The molecule has 0 saturated heterocycles. The lowest BCUT2D eigenvalue weighted by Crippen LogP contribution is -2.01. The SMILES string of the molecule is CCc1c(N)ncnc1-c1cccc([N+](=O)[O-])c1. The van der Waals surface area contributed by atoms with Crippen LogP contribution in [0.3, 0.4) is 0 Å². The molecule has 0 aliphatic rings. The summed E-state index contributed by atoms with van der Waals surface area (Å²) < 4.78 is 0. The fraction of sp³-hybridized carbons (Fsp3) is 0.167. The molecular weight excluding hydrogens is 232 g/mol. The second kappa shape index (κ2) is 4.79. The maximum Gasteiger partial charge on any atom is 0.270 e. The van der Waals surface area contributed by atoms with E-state index in [1.165, 1.54) is 18.5 Å². The van der Waals surface area contributed by atoms with Crippen molar-refractivity contribution in [2.75, 3.05) is 5.73 Å². The van der Waals surface area contributed by atoms with Crippen LogP contribution < -0.4 is 5.73 Å². The van der Waals surface area contributed by atoms with Gasteiger partial charge in [-0.25, -0.2) is 9.97 Å². The van der Waals surface area contributed by atoms with Gasteiger partial charge in [0.2, 0.25) is 0 Å². The monoisotopic (exact) mass is 244 g/mol. The zero-order chi connectivity index (χ0) is 13.1. The number of aromatic nitrogens is 2. The molecule has 6 nitrogen and oxygen atoms in total. The molecule has 1 aromatic carbocycles. The van der Waals surface area contributed by atoms with Crippen LogP contribution in [0.2, 0.25) is 0 Å². The second-order valence-electron chi connectivity index (χ2n) is 3.75. The van der Waals surface area contributed by atoms with Crippen molar-refractivity contribution in [3.05, 3.63) is 46.3 Å². The Labute approximate surface area is 104 Å². The third-order valence-corrected chi connectivity index (χ3v) is 2.66. The molecule has 0 fully saturated rings. The van der Waals surface area contributed by atoms with Crippen LogP contribution in [0.15, 0.2) is 30.6 Å². The normalized spacial score (nSPS) is 10.3. The lowest BCUT2D eigenvalue weighted by atomic mass is 10.0. The molecule has 18 heavy (non-hydrogen) atoms. The Morgan fingerprint density at radius 2 is 2.17 bits per heavy atom. The van der Waals surface area contributed by atoms with Crippen LogP contribution in [-0.4, -0.2) is 14.9 Å². The van der Waals surface area contributed by atoms with Gasteiger partial charge in [-0.15, -0.1) is 0 Å². The number of anilines is 1. The zero-order valence-corrected chi connectivity index (χ0v) is 9.83. The van der Waals surface area contributed by atoms with Crippen molar-refractivity contribution in [3.8, 4) is 11.3 Å². The van der Waals surface area contributed by atoms with Crippen molar-refractivity contribution in [2.24, 2.45) is 0 Å². The number of hydrogen-bond donors (Lipinski definition) is 1. The fourth-order valence-electron chi connectivity index (χ4n) is 1.79. The van der Waals surface area contributed by atoms with E-state index in [-0.39, 0.29) is 5.69 Å². The molecule has 0 aliphatic carbocycles. The van der Waals surface area contributed by atoms with Crippen LogP contribution in [0.1, 0.15) is 12.5 Å². The second-order valence-corrected chi connectivity index (χ2v) is 3.75. The van der Waals surface area contributed by atoms with Gasteiger partial charge in [0, 0.05) is 23.3 Å². The van der Waals surface area contributed by atoms with Gasteiger partial charge in [0.1, 0.15) is 12.1 Å². The molecule has 6 heteroatoms. The lowest BCUT2D eigenvalue weighted by molar-refractivity contribution is -0.384. The van der Waals surface area contributed by atoms with Crippen molar-refractivity contribution in [1.29, 1.82) is 0 Å². The number of benzene rings is 1. The highest BCUT2D eigenvalue weighted by atomic mass is 16.6. The number of hydrogen-bond acceptors (Lipinski definition) is 5.